The molecule has 1 aromatic rings. The zero-order chi connectivity index (χ0) is 18.5. The van der Waals surface area contributed by atoms with Gasteiger partial charge in [0.05, 0.1) is 16.7 Å². The van der Waals surface area contributed by atoms with Crippen LogP contribution in [0.1, 0.15) is 32.8 Å². The van der Waals surface area contributed by atoms with Gasteiger partial charge in [-0.3, -0.25) is 0 Å². The van der Waals surface area contributed by atoms with Crippen LogP contribution in [0.15, 0.2) is 18.2 Å². The Kier molecular flexibility index (Phi) is 8.01. The topological polar surface area (TPSA) is 84.9 Å². The van der Waals surface area contributed by atoms with Crippen molar-refractivity contribution in [1.29, 1.82) is 0 Å². The molecule has 24 heavy (non-hydrogen) atoms. The zero-order valence-corrected chi connectivity index (χ0v) is 16.5. The van der Waals surface area contributed by atoms with Gasteiger partial charge in [-0.15, -0.1) is 0 Å². The summed E-state index contributed by atoms with van der Waals surface area (Å²) in [5.41, 5.74) is 1.42. The Hall–Kier alpha value is -0.330. The Morgan fingerprint density at radius 1 is 1.38 bits per heavy atom. The number of nitrogens with one attached hydrogen (secondary N) is 1. The second kappa shape index (κ2) is 8.86. The van der Waals surface area contributed by atoms with Crippen LogP contribution in [-0.4, -0.2) is 17.5 Å². The number of benzene rings is 1. The van der Waals surface area contributed by atoms with Crippen LogP contribution in [0, 0.1) is 5.92 Å². The van der Waals surface area contributed by atoms with Crippen molar-refractivity contribution in [3.63, 3.8) is 0 Å². The van der Waals surface area contributed by atoms with E-state index in [4.69, 9.17) is 39.3 Å². The van der Waals surface area contributed by atoms with E-state index in [1.165, 1.54) is 12.1 Å². The molecule has 2 N–H and O–H groups in total. The van der Waals surface area contributed by atoms with Crippen LogP contribution < -0.4 is 5.48 Å². The molecule has 0 amide bonds. The number of hydrogen-bond acceptors (Lipinski definition) is 5. The Labute approximate surface area is 155 Å². The maximum Gasteiger partial charge on any atom is 0.476 e. The van der Waals surface area contributed by atoms with Gasteiger partial charge in [0.25, 0.3) is 0 Å². The lowest BCUT2D eigenvalue weighted by molar-refractivity contribution is -0.152. The zero-order valence-electron chi connectivity index (χ0n) is 13.4. The minimum atomic E-state index is -4.57. The van der Waals surface area contributed by atoms with E-state index in [9.17, 15) is 14.3 Å². The summed E-state index contributed by atoms with van der Waals surface area (Å²) in [5, 5.41) is 0.514. The van der Waals surface area contributed by atoms with Crippen molar-refractivity contribution in [3.05, 3.63) is 33.8 Å². The van der Waals surface area contributed by atoms with Gasteiger partial charge in [0, 0.05) is 11.2 Å². The van der Waals surface area contributed by atoms with Crippen LogP contribution in [0.4, 0.5) is 0 Å². The minimum absolute atomic E-state index is 0.00614. The van der Waals surface area contributed by atoms with Crippen molar-refractivity contribution >= 4 is 47.4 Å². The highest BCUT2D eigenvalue weighted by Crippen LogP contribution is 2.50. The molecule has 1 rings (SSSR count). The van der Waals surface area contributed by atoms with Gasteiger partial charge >= 0.3 is 12.9 Å². The van der Waals surface area contributed by atoms with E-state index in [2.05, 4.69) is 10.0 Å². The molecule has 0 radical (unpaired) electrons. The number of rotatable bonds is 8. The van der Waals surface area contributed by atoms with Gasteiger partial charge < -0.3 is 14.3 Å². The highest BCUT2D eigenvalue weighted by atomic mass is 35.7. The van der Waals surface area contributed by atoms with Crippen LogP contribution in [0.5, 0.6) is 0 Å². The van der Waals surface area contributed by atoms with Crippen molar-refractivity contribution in [2.24, 2.45) is 5.92 Å². The summed E-state index contributed by atoms with van der Waals surface area (Å²) in [5.74, 6) is -1.06. The SMILES string of the molecule is CCON[C@@](CC(C)C)(C(=O)OP(=O)(O)Cl)c1ccc(Cl)c(Cl)c1. The number of carbonyl (C=O) groups is 1. The van der Waals surface area contributed by atoms with E-state index in [0.29, 0.717) is 10.6 Å². The fraction of sp³-hybridized carbons (Fsp3) is 0.500. The van der Waals surface area contributed by atoms with Gasteiger partial charge in [0.15, 0.2) is 5.54 Å². The monoisotopic (exact) mass is 417 g/mol. The molecule has 0 aliphatic carbocycles. The lowest BCUT2D eigenvalue weighted by Crippen LogP contribution is -2.50. The Bertz CT molecular complexity index is 637. The Morgan fingerprint density at radius 3 is 2.46 bits per heavy atom. The molecule has 136 valence electrons. The third-order valence-corrected chi connectivity index (χ3v) is 4.40. The van der Waals surface area contributed by atoms with E-state index in [0.717, 1.165) is 0 Å². The second-order valence-electron chi connectivity index (χ2n) is 5.50. The molecule has 0 heterocycles. The van der Waals surface area contributed by atoms with E-state index in [1.807, 2.05) is 13.8 Å². The molecule has 10 heteroatoms. The van der Waals surface area contributed by atoms with E-state index >= 15 is 0 Å². The molecule has 0 aliphatic rings. The van der Waals surface area contributed by atoms with Crippen LogP contribution >= 0.6 is 41.4 Å². The molecule has 0 spiro atoms. The summed E-state index contributed by atoms with van der Waals surface area (Å²) in [7, 11) is 0. The standard InChI is InChI=1S/C14H19Cl3NO5P/c1-4-22-18-14(8-9(2)3,13(19)23-24(17,20)21)10-5-6-11(15)12(16)7-10/h5-7,9,18H,4,8H2,1-3H3,(H,20,21)/t14-/m1/s1. The Balaban J connectivity index is 3.46. The predicted octanol–water partition coefficient (Wildman–Crippen LogP) is 4.66. The highest BCUT2D eigenvalue weighted by molar-refractivity contribution is 7.80. The third-order valence-electron chi connectivity index (χ3n) is 3.06. The van der Waals surface area contributed by atoms with Gasteiger partial charge in [0.2, 0.25) is 0 Å². The lowest BCUT2D eigenvalue weighted by atomic mass is 9.83. The fourth-order valence-electron chi connectivity index (χ4n) is 2.21. The van der Waals surface area contributed by atoms with E-state index in [-0.39, 0.29) is 24.0 Å². The first kappa shape index (κ1) is 21.7. The van der Waals surface area contributed by atoms with Crippen molar-refractivity contribution in [2.45, 2.75) is 32.7 Å². The number of carbonyl (C=O) groups excluding carboxylic acids is 1. The van der Waals surface area contributed by atoms with Crippen LogP contribution in [0.2, 0.25) is 10.0 Å². The number of hydroxylamine groups is 1. The smallest absolute Gasteiger partial charge is 0.379 e. The molecular weight excluding hydrogens is 399 g/mol. The molecule has 1 aromatic carbocycles. The maximum atomic E-state index is 12.7. The van der Waals surface area contributed by atoms with Crippen molar-refractivity contribution in [3.8, 4) is 0 Å². The first-order valence-corrected chi connectivity index (χ1v) is 10.4. The molecule has 2 atom stereocenters. The van der Waals surface area contributed by atoms with Crippen molar-refractivity contribution in [1.82, 2.24) is 5.48 Å². The number of hydrogen-bond donors (Lipinski definition) is 2. The number of halogens is 3. The predicted molar refractivity (Wildman–Crippen MR) is 94.1 cm³/mol. The average molecular weight is 419 g/mol. The lowest BCUT2D eigenvalue weighted by Gasteiger charge is -2.34. The van der Waals surface area contributed by atoms with Gasteiger partial charge in [0.1, 0.15) is 0 Å². The fourth-order valence-corrected chi connectivity index (χ4v) is 3.06. The molecule has 1 unspecified atom stereocenters. The summed E-state index contributed by atoms with van der Waals surface area (Å²) in [4.78, 5) is 27.1. The largest absolute Gasteiger partial charge is 0.476 e. The van der Waals surface area contributed by atoms with Gasteiger partial charge in [-0.2, -0.15) is 5.48 Å². The summed E-state index contributed by atoms with van der Waals surface area (Å²) in [6, 6.07) is 4.53. The molecule has 0 saturated heterocycles. The summed E-state index contributed by atoms with van der Waals surface area (Å²) in [6.07, 6.45) is 0.195. The van der Waals surface area contributed by atoms with E-state index in [1.54, 1.807) is 13.0 Å². The molecule has 0 aliphatic heterocycles. The molecule has 0 bridgehead atoms. The molecule has 0 fully saturated rings. The molecule has 6 nitrogen and oxygen atoms in total. The highest BCUT2D eigenvalue weighted by Gasteiger charge is 2.45. The quantitative estimate of drug-likeness (QED) is 0.472. The maximum absolute atomic E-state index is 12.7. The second-order valence-corrected chi connectivity index (χ2v) is 8.68. The van der Waals surface area contributed by atoms with Crippen molar-refractivity contribution in [2.75, 3.05) is 6.61 Å². The van der Waals surface area contributed by atoms with Crippen LogP contribution in [-0.2, 0) is 24.3 Å². The third kappa shape index (κ3) is 5.88. The normalized spacial score (nSPS) is 16.5. The van der Waals surface area contributed by atoms with Gasteiger partial charge in [-0.25, -0.2) is 9.36 Å². The molecule has 0 saturated carbocycles. The van der Waals surface area contributed by atoms with E-state index < -0.39 is 18.5 Å². The summed E-state index contributed by atoms with van der Waals surface area (Å²) in [6.45, 7) is 1.12. The first-order valence-electron chi connectivity index (χ1n) is 7.12. The van der Waals surface area contributed by atoms with Gasteiger partial charge in [-0.05, 0) is 37.0 Å². The summed E-state index contributed by atoms with van der Waals surface area (Å²) < 4.78 is 15.9. The Morgan fingerprint density at radius 2 is 2.00 bits per heavy atom. The molecular formula is C14H19Cl3NO5P. The van der Waals surface area contributed by atoms with Gasteiger partial charge in [-0.1, -0.05) is 43.1 Å². The summed E-state index contributed by atoms with van der Waals surface area (Å²) >= 11 is 17.2. The molecule has 0 aromatic heterocycles. The first-order chi connectivity index (χ1) is 11.0. The minimum Gasteiger partial charge on any atom is -0.379 e. The van der Waals surface area contributed by atoms with Crippen molar-refractivity contribution < 1.29 is 23.6 Å². The van der Waals surface area contributed by atoms with Crippen LogP contribution in [0.25, 0.3) is 0 Å². The average Bonchev–Trinajstić information content (AvgIpc) is 2.44. The van der Waals surface area contributed by atoms with Crippen LogP contribution in [0.3, 0.4) is 0 Å².